The maximum Gasteiger partial charge on any atom is 0.303 e. The third-order valence-electron chi connectivity index (χ3n) is 2.73. The van der Waals surface area contributed by atoms with Crippen LogP contribution in [-0.2, 0) is 14.8 Å². The fraction of sp³-hybridized carbons (Fsp3) is 0.417. The van der Waals surface area contributed by atoms with Gasteiger partial charge in [0.1, 0.15) is 0 Å². The van der Waals surface area contributed by atoms with E-state index in [2.05, 4.69) is 4.72 Å². The molecule has 0 saturated heterocycles. The van der Waals surface area contributed by atoms with E-state index in [-0.39, 0.29) is 12.8 Å². The van der Waals surface area contributed by atoms with Crippen molar-refractivity contribution >= 4 is 21.7 Å². The molecule has 0 aliphatic rings. The van der Waals surface area contributed by atoms with E-state index in [9.17, 15) is 23.3 Å². The van der Waals surface area contributed by atoms with Crippen molar-refractivity contribution in [3.63, 3.8) is 0 Å². The standard InChI is InChI=1S/C12H16N2O6S/c1-12(2,8-7-11(15)16)13-21(19,20)10-6-4-3-5-9(10)14(17)18/h3-6,13H,7-8H2,1-2H3,(H,15,16). The molecule has 0 bridgehead atoms. The molecule has 0 fully saturated rings. The summed E-state index contributed by atoms with van der Waals surface area (Å²) in [7, 11) is -4.13. The number of carbonyl (C=O) groups is 1. The highest BCUT2D eigenvalue weighted by atomic mass is 32.2. The number of carboxylic acid groups (broad SMARTS) is 1. The van der Waals surface area contributed by atoms with Crippen LogP contribution in [-0.4, -0.2) is 30.0 Å². The van der Waals surface area contributed by atoms with Crippen molar-refractivity contribution in [2.24, 2.45) is 0 Å². The van der Waals surface area contributed by atoms with Crippen molar-refractivity contribution in [1.29, 1.82) is 0 Å². The predicted molar refractivity (Wildman–Crippen MR) is 74.4 cm³/mol. The molecule has 0 spiro atoms. The summed E-state index contributed by atoms with van der Waals surface area (Å²) in [6.45, 7) is 3.03. The molecule has 0 unspecified atom stereocenters. The number of nitro groups is 1. The van der Waals surface area contributed by atoms with E-state index in [0.717, 1.165) is 12.1 Å². The highest BCUT2D eigenvalue weighted by molar-refractivity contribution is 7.89. The summed E-state index contributed by atoms with van der Waals surface area (Å²) in [6, 6.07) is 4.98. The van der Waals surface area contributed by atoms with Gasteiger partial charge in [0.25, 0.3) is 5.69 Å². The second kappa shape index (κ2) is 6.19. The van der Waals surface area contributed by atoms with E-state index in [0.29, 0.717) is 0 Å². The Balaban J connectivity index is 3.07. The molecule has 0 aromatic heterocycles. The second-order valence-electron chi connectivity index (χ2n) is 5.11. The number of hydrogen-bond acceptors (Lipinski definition) is 5. The molecule has 8 nitrogen and oxygen atoms in total. The minimum atomic E-state index is -4.13. The van der Waals surface area contributed by atoms with E-state index < -0.39 is 37.0 Å². The summed E-state index contributed by atoms with van der Waals surface area (Å²) in [4.78, 5) is 20.2. The Labute approximate surface area is 122 Å². The largest absolute Gasteiger partial charge is 0.481 e. The van der Waals surface area contributed by atoms with Gasteiger partial charge in [0.15, 0.2) is 4.90 Å². The molecular weight excluding hydrogens is 300 g/mol. The number of nitrogens with one attached hydrogen (secondary N) is 1. The van der Waals surface area contributed by atoms with Crippen LogP contribution < -0.4 is 4.72 Å². The van der Waals surface area contributed by atoms with Crippen LogP contribution in [0.25, 0.3) is 0 Å². The normalized spacial score (nSPS) is 12.1. The van der Waals surface area contributed by atoms with E-state index in [1.807, 2.05) is 0 Å². The Kier molecular flexibility index (Phi) is 5.02. The molecule has 1 aromatic carbocycles. The van der Waals surface area contributed by atoms with E-state index in [1.165, 1.54) is 26.0 Å². The fourth-order valence-electron chi connectivity index (χ4n) is 1.72. The molecule has 0 saturated carbocycles. The number of nitrogens with zero attached hydrogens (tertiary/aromatic N) is 1. The lowest BCUT2D eigenvalue weighted by Gasteiger charge is -2.25. The highest BCUT2D eigenvalue weighted by Gasteiger charge is 2.31. The topological polar surface area (TPSA) is 127 Å². The van der Waals surface area contributed by atoms with Gasteiger partial charge in [-0.3, -0.25) is 14.9 Å². The minimum Gasteiger partial charge on any atom is -0.481 e. The van der Waals surface area contributed by atoms with Gasteiger partial charge < -0.3 is 5.11 Å². The average molecular weight is 316 g/mol. The van der Waals surface area contributed by atoms with Gasteiger partial charge >= 0.3 is 5.97 Å². The van der Waals surface area contributed by atoms with Crippen LogP contribution in [0.1, 0.15) is 26.7 Å². The number of rotatable bonds is 7. The quantitative estimate of drug-likeness (QED) is 0.580. The van der Waals surface area contributed by atoms with Crippen LogP contribution in [0.2, 0.25) is 0 Å². The zero-order chi connectivity index (χ0) is 16.3. The van der Waals surface area contributed by atoms with Crippen LogP contribution in [0.3, 0.4) is 0 Å². The molecule has 2 N–H and O–H groups in total. The van der Waals surface area contributed by atoms with Crippen molar-refractivity contribution in [1.82, 2.24) is 4.72 Å². The molecule has 0 atom stereocenters. The number of para-hydroxylation sites is 1. The van der Waals surface area contributed by atoms with Crippen molar-refractivity contribution in [2.75, 3.05) is 0 Å². The van der Waals surface area contributed by atoms with Crippen molar-refractivity contribution in [2.45, 2.75) is 37.1 Å². The van der Waals surface area contributed by atoms with Crippen LogP contribution in [0.4, 0.5) is 5.69 Å². The third-order valence-corrected chi connectivity index (χ3v) is 4.47. The summed E-state index contributed by atoms with van der Waals surface area (Å²) < 4.78 is 26.8. The van der Waals surface area contributed by atoms with Crippen LogP contribution >= 0.6 is 0 Å². The first-order valence-electron chi connectivity index (χ1n) is 6.04. The lowest BCUT2D eigenvalue weighted by Crippen LogP contribution is -2.43. The lowest BCUT2D eigenvalue weighted by atomic mass is 10.0. The van der Waals surface area contributed by atoms with E-state index in [4.69, 9.17) is 5.11 Å². The SMILES string of the molecule is CC(C)(CCC(=O)O)NS(=O)(=O)c1ccccc1[N+](=O)[O-]. The molecule has 1 aromatic rings. The van der Waals surface area contributed by atoms with Gasteiger partial charge in [-0.15, -0.1) is 0 Å². The maximum absolute atomic E-state index is 12.3. The van der Waals surface area contributed by atoms with Crippen molar-refractivity contribution in [3.8, 4) is 0 Å². The molecule has 116 valence electrons. The molecule has 0 heterocycles. The average Bonchev–Trinajstić information content (AvgIpc) is 2.35. The Morgan fingerprint density at radius 2 is 1.95 bits per heavy atom. The number of benzene rings is 1. The summed E-state index contributed by atoms with van der Waals surface area (Å²) >= 11 is 0. The van der Waals surface area contributed by atoms with Gasteiger partial charge in [0.2, 0.25) is 10.0 Å². The minimum absolute atomic E-state index is 0.0577. The number of nitro benzene ring substituents is 1. The first-order valence-corrected chi connectivity index (χ1v) is 7.53. The zero-order valence-electron chi connectivity index (χ0n) is 11.6. The molecule has 1 rings (SSSR count). The van der Waals surface area contributed by atoms with Gasteiger partial charge in [0.05, 0.1) is 4.92 Å². The lowest BCUT2D eigenvalue weighted by molar-refractivity contribution is -0.387. The summed E-state index contributed by atoms with van der Waals surface area (Å²) in [5.74, 6) is -1.05. The maximum atomic E-state index is 12.3. The molecule has 9 heteroatoms. The molecule has 0 aliphatic carbocycles. The van der Waals surface area contributed by atoms with Crippen LogP contribution in [0, 0.1) is 10.1 Å². The predicted octanol–water partition coefficient (Wildman–Crippen LogP) is 1.52. The number of aliphatic carboxylic acids is 1. The van der Waals surface area contributed by atoms with Gasteiger partial charge in [-0.1, -0.05) is 12.1 Å². The Morgan fingerprint density at radius 3 is 2.48 bits per heavy atom. The van der Waals surface area contributed by atoms with Crippen molar-refractivity contribution < 1.29 is 23.2 Å². The Hall–Kier alpha value is -2.00. The third kappa shape index (κ3) is 4.80. The van der Waals surface area contributed by atoms with Gasteiger partial charge in [-0.05, 0) is 26.3 Å². The van der Waals surface area contributed by atoms with Gasteiger partial charge in [0, 0.05) is 18.0 Å². The number of sulfonamides is 1. The molecular formula is C12H16N2O6S. The van der Waals surface area contributed by atoms with E-state index >= 15 is 0 Å². The van der Waals surface area contributed by atoms with Crippen molar-refractivity contribution in [3.05, 3.63) is 34.4 Å². The molecule has 21 heavy (non-hydrogen) atoms. The molecule has 0 amide bonds. The first kappa shape index (κ1) is 17.1. The highest BCUT2D eigenvalue weighted by Crippen LogP contribution is 2.25. The Morgan fingerprint density at radius 1 is 1.38 bits per heavy atom. The summed E-state index contributed by atoms with van der Waals surface area (Å²) in [5.41, 5.74) is -1.57. The number of carboxylic acids is 1. The first-order chi connectivity index (χ1) is 9.55. The fourth-order valence-corrected chi connectivity index (χ4v) is 3.34. The molecule has 0 aliphatic heterocycles. The van der Waals surface area contributed by atoms with Crippen LogP contribution in [0.5, 0.6) is 0 Å². The van der Waals surface area contributed by atoms with Crippen LogP contribution in [0.15, 0.2) is 29.2 Å². The van der Waals surface area contributed by atoms with Gasteiger partial charge in [-0.2, -0.15) is 0 Å². The number of hydrogen-bond donors (Lipinski definition) is 2. The second-order valence-corrected chi connectivity index (χ2v) is 6.76. The summed E-state index contributed by atoms with van der Waals surface area (Å²) in [6.07, 6.45) is -0.158. The monoisotopic (exact) mass is 316 g/mol. The Bertz CT molecular complexity index is 653. The molecule has 0 radical (unpaired) electrons. The smallest absolute Gasteiger partial charge is 0.303 e. The van der Waals surface area contributed by atoms with E-state index in [1.54, 1.807) is 0 Å². The zero-order valence-corrected chi connectivity index (χ0v) is 12.4. The summed E-state index contributed by atoms with van der Waals surface area (Å²) in [5, 5.41) is 19.5. The van der Waals surface area contributed by atoms with Gasteiger partial charge in [-0.25, -0.2) is 13.1 Å².